The van der Waals surface area contributed by atoms with Crippen LogP contribution in [-0.4, -0.2) is 19.3 Å². The molecule has 94 valence electrons. The maximum Gasteiger partial charge on any atom is 0.279 e. The third-order valence-electron chi connectivity index (χ3n) is 2.07. The lowest BCUT2D eigenvalue weighted by atomic mass is 10.0. The van der Waals surface area contributed by atoms with E-state index in [0.717, 1.165) is 0 Å². The minimum Gasteiger partial charge on any atom is -0.326 e. The average molecular weight is 277 g/mol. The number of anilines is 1. The van der Waals surface area contributed by atoms with Crippen molar-refractivity contribution in [1.82, 2.24) is 4.98 Å². The van der Waals surface area contributed by atoms with E-state index in [-0.39, 0.29) is 16.9 Å². The second-order valence-corrected chi connectivity index (χ2v) is 6.33. The Hall–Kier alpha value is -1.14. The zero-order valence-electron chi connectivity index (χ0n) is 9.69. The van der Waals surface area contributed by atoms with Crippen LogP contribution >= 0.6 is 10.7 Å². The van der Waals surface area contributed by atoms with Gasteiger partial charge in [-0.2, -0.15) is 0 Å². The van der Waals surface area contributed by atoms with Gasteiger partial charge in [0, 0.05) is 35.1 Å². The van der Waals surface area contributed by atoms with Gasteiger partial charge >= 0.3 is 0 Å². The predicted molar refractivity (Wildman–Crippen MR) is 65.7 cm³/mol. The summed E-state index contributed by atoms with van der Waals surface area (Å²) in [5.41, 5.74) is 0.833. The number of halogens is 1. The molecule has 0 unspecified atom stereocenters. The third kappa shape index (κ3) is 3.41. The van der Waals surface area contributed by atoms with E-state index in [1.54, 1.807) is 19.9 Å². The van der Waals surface area contributed by atoms with E-state index >= 15 is 0 Å². The van der Waals surface area contributed by atoms with Gasteiger partial charge in [-0.1, -0.05) is 13.8 Å². The average Bonchev–Trinajstić information content (AvgIpc) is 2.14. The quantitative estimate of drug-likeness (QED) is 0.858. The van der Waals surface area contributed by atoms with Gasteiger partial charge in [0.15, 0.2) is 5.03 Å². The molecule has 1 aromatic rings. The van der Waals surface area contributed by atoms with Gasteiger partial charge in [0.25, 0.3) is 9.05 Å². The van der Waals surface area contributed by atoms with Crippen molar-refractivity contribution in [3.05, 3.63) is 17.8 Å². The first-order valence-electron chi connectivity index (χ1n) is 4.94. The van der Waals surface area contributed by atoms with Crippen molar-refractivity contribution in [2.75, 3.05) is 5.32 Å². The lowest BCUT2D eigenvalue weighted by Crippen LogP contribution is -2.12. The van der Waals surface area contributed by atoms with Gasteiger partial charge < -0.3 is 5.32 Å². The van der Waals surface area contributed by atoms with Crippen molar-refractivity contribution in [2.24, 2.45) is 0 Å². The summed E-state index contributed by atoms with van der Waals surface area (Å²) in [6.45, 7) is 4.95. The molecule has 1 amide bonds. The van der Waals surface area contributed by atoms with Crippen LogP contribution in [0.25, 0.3) is 0 Å². The lowest BCUT2D eigenvalue weighted by molar-refractivity contribution is -0.114. The fraction of sp³-hybridized carbons (Fsp3) is 0.400. The van der Waals surface area contributed by atoms with E-state index in [2.05, 4.69) is 10.3 Å². The summed E-state index contributed by atoms with van der Waals surface area (Å²) in [5, 5.41) is 2.36. The van der Waals surface area contributed by atoms with E-state index < -0.39 is 9.05 Å². The van der Waals surface area contributed by atoms with Gasteiger partial charge in [-0.25, -0.2) is 13.4 Å². The molecule has 7 heteroatoms. The lowest BCUT2D eigenvalue weighted by Gasteiger charge is -2.15. The molecule has 0 aliphatic heterocycles. The molecule has 0 spiro atoms. The van der Waals surface area contributed by atoms with E-state index in [1.807, 2.05) is 0 Å². The van der Waals surface area contributed by atoms with Crippen molar-refractivity contribution >= 4 is 31.3 Å². The molecule has 0 radical (unpaired) electrons. The molecule has 1 N–H and O–H groups in total. The zero-order chi connectivity index (χ0) is 13.2. The first-order valence-corrected chi connectivity index (χ1v) is 7.25. The Morgan fingerprint density at radius 3 is 2.47 bits per heavy atom. The molecule has 0 bridgehead atoms. The topological polar surface area (TPSA) is 76.1 Å². The number of hydrogen-bond donors (Lipinski definition) is 1. The van der Waals surface area contributed by atoms with Crippen LogP contribution in [-0.2, 0) is 13.8 Å². The summed E-state index contributed by atoms with van der Waals surface area (Å²) in [6.07, 6.45) is 1.30. The molecule has 0 saturated heterocycles. The van der Waals surface area contributed by atoms with Crippen LogP contribution in [0.3, 0.4) is 0 Å². The molecule has 0 atom stereocenters. The Morgan fingerprint density at radius 2 is 2.06 bits per heavy atom. The van der Waals surface area contributed by atoms with Crippen molar-refractivity contribution in [3.63, 3.8) is 0 Å². The highest BCUT2D eigenvalue weighted by Gasteiger charge is 2.22. The Labute approximate surface area is 105 Å². The number of hydrogen-bond acceptors (Lipinski definition) is 4. The molecular weight excluding hydrogens is 264 g/mol. The first kappa shape index (κ1) is 13.9. The normalized spacial score (nSPS) is 11.6. The number of aromatic nitrogens is 1. The number of rotatable bonds is 3. The largest absolute Gasteiger partial charge is 0.326 e. The van der Waals surface area contributed by atoms with Crippen molar-refractivity contribution in [1.29, 1.82) is 0 Å². The number of carbonyl (C=O) groups is 1. The van der Waals surface area contributed by atoms with Crippen LogP contribution < -0.4 is 5.32 Å². The Bertz CT molecular complexity index is 540. The van der Waals surface area contributed by atoms with Crippen molar-refractivity contribution in [3.8, 4) is 0 Å². The third-order valence-corrected chi connectivity index (χ3v) is 3.30. The van der Waals surface area contributed by atoms with Crippen LogP contribution in [0.5, 0.6) is 0 Å². The molecular formula is C10H13ClN2O3S. The molecule has 0 aliphatic rings. The molecule has 0 aromatic carbocycles. The molecule has 1 aromatic heterocycles. The maximum absolute atomic E-state index is 11.4. The molecule has 0 saturated carbocycles. The highest BCUT2D eigenvalue weighted by atomic mass is 35.7. The van der Waals surface area contributed by atoms with Crippen LogP contribution in [0.1, 0.15) is 32.3 Å². The number of nitrogens with one attached hydrogen (secondary N) is 1. The van der Waals surface area contributed by atoms with Crippen molar-refractivity contribution < 1.29 is 13.2 Å². The van der Waals surface area contributed by atoms with Crippen LogP contribution in [0, 0.1) is 0 Å². The van der Waals surface area contributed by atoms with Crippen LogP contribution in [0.4, 0.5) is 5.69 Å². The Morgan fingerprint density at radius 1 is 1.47 bits per heavy atom. The summed E-state index contributed by atoms with van der Waals surface area (Å²) < 4.78 is 22.8. The standard InChI is InChI=1S/C10H13ClN2O3S/c1-6(2)9-8(13-7(3)14)4-5-12-10(9)17(11,15)16/h4-6H,1-3H3,(H,12,13,14). The summed E-state index contributed by atoms with van der Waals surface area (Å²) in [4.78, 5) is 14.8. The van der Waals surface area contributed by atoms with Crippen LogP contribution in [0.15, 0.2) is 17.3 Å². The Balaban J connectivity index is 3.48. The smallest absolute Gasteiger partial charge is 0.279 e. The highest BCUT2D eigenvalue weighted by molar-refractivity contribution is 8.13. The van der Waals surface area contributed by atoms with Gasteiger partial charge in [0.1, 0.15) is 0 Å². The van der Waals surface area contributed by atoms with Gasteiger partial charge in [-0.3, -0.25) is 4.79 Å². The van der Waals surface area contributed by atoms with Crippen molar-refractivity contribution in [2.45, 2.75) is 31.7 Å². The Kier molecular flexibility index (Phi) is 4.11. The SMILES string of the molecule is CC(=O)Nc1ccnc(S(=O)(=O)Cl)c1C(C)C. The summed E-state index contributed by atoms with van der Waals surface area (Å²) in [5.74, 6) is -0.412. The van der Waals surface area contributed by atoms with Gasteiger partial charge in [0.05, 0.1) is 0 Å². The summed E-state index contributed by atoms with van der Waals surface area (Å²) >= 11 is 0. The summed E-state index contributed by atoms with van der Waals surface area (Å²) in [6, 6.07) is 1.54. The van der Waals surface area contributed by atoms with E-state index in [9.17, 15) is 13.2 Å². The fourth-order valence-corrected chi connectivity index (χ4v) is 2.67. The fourth-order valence-electron chi connectivity index (χ4n) is 1.50. The predicted octanol–water partition coefficient (Wildman–Crippen LogP) is 2.09. The van der Waals surface area contributed by atoms with Gasteiger partial charge in [0.2, 0.25) is 5.91 Å². The number of carbonyl (C=O) groups excluding carboxylic acids is 1. The number of pyridine rings is 1. The number of nitrogens with zero attached hydrogens (tertiary/aromatic N) is 1. The van der Waals surface area contributed by atoms with Gasteiger partial charge in [-0.15, -0.1) is 0 Å². The minimum absolute atomic E-state index is 0.130. The highest BCUT2D eigenvalue weighted by Crippen LogP contribution is 2.30. The first-order chi connectivity index (χ1) is 7.73. The minimum atomic E-state index is -3.93. The van der Waals surface area contributed by atoms with Crippen LogP contribution in [0.2, 0.25) is 0 Å². The molecule has 1 heterocycles. The van der Waals surface area contributed by atoms with E-state index in [4.69, 9.17) is 10.7 Å². The molecule has 0 fully saturated rings. The summed E-state index contributed by atoms with van der Waals surface area (Å²) in [7, 11) is 1.39. The molecule has 17 heavy (non-hydrogen) atoms. The zero-order valence-corrected chi connectivity index (χ0v) is 11.3. The second-order valence-electron chi connectivity index (χ2n) is 3.85. The maximum atomic E-state index is 11.4. The monoisotopic (exact) mass is 276 g/mol. The van der Waals surface area contributed by atoms with E-state index in [1.165, 1.54) is 13.1 Å². The van der Waals surface area contributed by atoms with E-state index in [0.29, 0.717) is 11.3 Å². The van der Waals surface area contributed by atoms with Gasteiger partial charge in [-0.05, 0) is 12.0 Å². The molecule has 0 aliphatic carbocycles. The molecule has 1 rings (SSSR count). The molecule has 5 nitrogen and oxygen atoms in total. The second kappa shape index (κ2) is 5.01. The number of amides is 1.